The molecule has 17 heavy (non-hydrogen) atoms. The largest absolute Gasteiger partial charge is 0.371 e. The summed E-state index contributed by atoms with van der Waals surface area (Å²) in [6.07, 6.45) is -0.173. The molecule has 6 heteroatoms. The van der Waals surface area contributed by atoms with Crippen LogP contribution in [0.4, 0.5) is 0 Å². The molecule has 0 aliphatic carbocycles. The Morgan fingerprint density at radius 3 is 3.06 bits per heavy atom. The van der Waals surface area contributed by atoms with Gasteiger partial charge in [-0.05, 0) is 25.3 Å². The summed E-state index contributed by atoms with van der Waals surface area (Å²) in [5, 5.41) is 5.85. The van der Waals surface area contributed by atoms with Crippen molar-refractivity contribution in [2.45, 2.75) is 26.0 Å². The first kappa shape index (κ1) is 12.2. The number of aromatic nitrogens is 2. The van der Waals surface area contributed by atoms with Gasteiger partial charge in [0.1, 0.15) is 12.1 Å². The normalized spacial score (nSPS) is 14.8. The van der Waals surface area contributed by atoms with Crippen LogP contribution in [0.25, 0.3) is 0 Å². The van der Waals surface area contributed by atoms with Crippen LogP contribution in [0.1, 0.15) is 42.6 Å². The molecule has 0 aliphatic rings. The van der Waals surface area contributed by atoms with Crippen LogP contribution in [0.15, 0.2) is 22.0 Å². The Labute approximate surface area is 104 Å². The molecule has 92 valence electrons. The average molecular weight is 253 g/mol. The first-order valence-electron chi connectivity index (χ1n) is 5.46. The van der Waals surface area contributed by atoms with Gasteiger partial charge in [0.15, 0.2) is 5.82 Å². The number of nitrogens with zero attached hydrogens (tertiary/aromatic N) is 2. The molecule has 0 fully saturated rings. The molecule has 5 nitrogen and oxygen atoms in total. The van der Waals surface area contributed by atoms with Crippen molar-refractivity contribution in [3.05, 3.63) is 34.1 Å². The molecule has 2 heterocycles. The van der Waals surface area contributed by atoms with Crippen molar-refractivity contribution in [1.82, 2.24) is 10.1 Å². The average Bonchev–Trinajstić information content (AvgIpc) is 3.00. The first-order chi connectivity index (χ1) is 8.22. The van der Waals surface area contributed by atoms with Gasteiger partial charge in [-0.25, -0.2) is 0 Å². The summed E-state index contributed by atoms with van der Waals surface area (Å²) in [5.74, 6) is 0.961. The second kappa shape index (κ2) is 5.39. The van der Waals surface area contributed by atoms with Gasteiger partial charge in [-0.2, -0.15) is 4.98 Å². The Bertz CT molecular complexity index is 455. The third kappa shape index (κ3) is 2.71. The number of ether oxygens (including phenoxy) is 1. The summed E-state index contributed by atoms with van der Waals surface area (Å²) in [6, 6.07) is 3.54. The summed E-state index contributed by atoms with van der Waals surface area (Å²) in [5.41, 5.74) is 6.02. The molecule has 0 spiro atoms. The topological polar surface area (TPSA) is 74.2 Å². The molecule has 0 bridgehead atoms. The summed E-state index contributed by atoms with van der Waals surface area (Å²) >= 11 is 1.57. The van der Waals surface area contributed by atoms with Gasteiger partial charge in [0.25, 0.3) is 0 Å². The van der Waals surface area contributed by atoms with Crippen molar-refractivity contribution in [1.29, 1.82) is 0 Å². The molecule has 2 N–H and O–H groups in total. The van der Waals surface area contributed by atoms with Gasteiger partial charge in [0.2, 0.25) is 5.89 Å². The number of thiophene rings is 1. The van der Waals surface area contributed by atoms with E-state index in [1.807, 2.05) is 31.4 Å². The highest BCUT2D eigenvalue weighted by atomic mass is 32.1. The molecular weight excluding hydrogens is 238 g/mol. The molecule has 2 unspecified atom stereocenters. The lowest BCUT2D eigenvalue weighted by Gasteiger charge is -2.05. The Balaban J connectivity index is 2.13. The fourth-order valence-electron chi connectivity index (χ4n) is 1.45. The molecule has 0 radical (unpaired) electrons. The zero-order valence-corrected chi connectivity index (χ0v) is 10.6. The highest BCUT2D eigenvalue weighted by Crippen LogP contribution is 2.23. The maximum absolute atomic E-state index is 6.02. The molecule has 2 rings (SSSR count). The highest BCUT2D eigenvalue weighted by Gasteiger charge is 2.20. The summed E-state index contributed by atoms with van der Waals surface area (Å²) in [4.78, 5) is 5.27. The van der Waals surface area contributed by atoms with Gasteiger partial charge in [-0.1, -0.05) is 11.2 Å². The SMILES string of the molecule is CCOC(C)c1noc(C(N)c2cccs2)n1. The van der Waals surface area contributed by atoms with E-state index in [-0.39, 0.29) is 12.1 Å². The van der Waals surface area contributed by atoms with Crippen molar-refractivity contribution < 1.29 is 9.26 Å². The zero-order chi connectivity index (χ0) is 12.3. The van der Waals surface area contributed by atoms with Crippen LogP contribution in [0.3, 0.4) is 0 Å². The Morgan fingerprint density at radius 2 is 2.41 bits per heavy atom. The van der Waals surface area contributed by atoms with Crippen LogP contribution in [0.2, 0.25) is 0 Å². The minimum Gasteiger partial charge on any atom is -0.371 e. The molecule has 0 aromatic carbocycles. The molecule has 0 saturated heterocycles. The smallest absolute Gasteiger partial charge is 0.249 e. The Morgan fingerprint density at radius 1 is 1.59 bits per heavy atom. The van der Waals surface area contributed by atoms with E-state index in [1.54, 1.807) is 11.3 Å². The van der Waals surface area contributed by atoms with Gasteiger partial charge in [0, 0.05) is 11.5 Å². The van der Waals surface area contributed by atoms with Crippen molar-refractivity contribution in [3.8, 4) is 0 Å². The van der Waals surface area contributed by atoms with E-state index in [9.17, 15) is 0 Å². The van der Waals surface area contributed by atoms with E-state index in [0.717, 1.165) is 4.88 Å². The van der Waals surface area contributed by atoms with Crippen molar-refractivity contribution in [3.63, 3.8) is 0 Å². The number of nitrogens with two attached hydrogens (primary N) is 1. The summed E-state index contributed by atoms with van der Waals surface area (Å²) in [6.45, 7) is 4.42. The lowest BCUT2D eigenvalue weighted by atomic mass is 10.2. The minimum absolute atomic E-state index is 0.173. The van der Waals surface area contributed by atoms with E-state index in [1.165, 1.54) is 0 Å². The van der Waals surface area contributed by atoms with Crippen LogP contribution in [-0.2, 0) is 4.74 Å². The monoisotopic (exact) mass is 253 g/mol. The second-order valence-electron chi connectivity index (χ2n) is 3.58. The Kier molecular flexibility index (Phi) is 3.88. The molecule has 2 aromatic heterocycles. The van der Waals surface area contributed by atoms with E-state index in [4.69, 9.17) is 15.0 Å². The standard InChI is InChI=1S/C11H15N3O2S/c1-3-15-7(2)10-13-11(16-14-10)9(12)8-5-4-6-17-8/h4-7,9H,3,12H2,1-2H3. The molecule has 0 aliphatic heterocycles. The van der Waals surface area contributed by atoms with E-state index in [2.05, 4.69) is 10.1 Å². The lowest BCUT2D eigenvalue weighted by Crippen LogP contribution is -2.11. The van der Waals surface area contributed by atoms with E-state index < -0.39 is 0 Å². The van der Waals surface area contributed by atoms with E-state index in [0.29, 0.717) is 18.3 Å². The quantitative estimate of drug-likeness (QED) is 0.884. The second-order valence-corrected chi connectivity index (χ2v) is 4.56. The van der Waals surface area contributed by atoms with Crippen molar-refractivity contribution in [2.75, 3.05) is 6.61 Å². The molecule has 2 aromatic rings. The summed E-state index contributed by atoms with van der Waals surface area (Å²) < 4.78 is 10.5. The fraction of sp³-hybridized carbons (Fsp3) is 0.455. The van der Waals surface area contributed by atoms with Gasteiger partial charge in [-0.15, -0.1) is 11.3 Å². The predicted molar refractivity (Wildman–Crippen MR) is 64.7 cm³/mol. The highest BCUT2D eigenvalue weighted by molar-refractivity contribution is 7.10. The third-order valence-corrected chi connectivity index (χ3v) is 3.31. The van der Waals surface area contributed by atoms with Gasteiger partial charge >= 0.3 is 0 Å². The lowest BCUT2D eigenvalue weighted by molar-refractivity contribution is 0.0683. The number of rotatable bonds is 5. The number of hydrogen-bond donors (Lipinski definition) is 1. The molecular formula is C11H15N3O2S. The van der Waals surface area contributed by atoms with E-state index >= 15 is 0 Å². The maximum Gasteiger partial charge on any atom is 0.249 e. The summed E-state index contributed by atoms with van der Waals surface area (Å²) in [7, 11) is 0. The maximum atomic E-state index is 6.02. The third-order valence-electron chi connectivity index (χ3n) is 2.35. The van der Waals surface area contributed by atoms with Crippen LogP contribution < -0.4 is 5.73 Å². The zero-order valence-electron chi connectivity index (χ0n) is 9.79. The Hall–Kier alpha value is -1.24. The van der Waals surface area contributed by atoms with Crippen LogP contribution >= 0.6 is 11.3 Å². The molecule has 0 amide bonds. The predicted octanol–water partition coefficient (Wildman–Crippen LogP) is 2.28. The fourth-order valence-corrected chi connectivity index (χ4v) is 2.17. The first-order valence-corrected chi connectivity index (χ1v) is 6.34. The number of hydrogen-bond acceptors (Lipinski definition) is 6. The minimum atomic E-state index is -0.356. The van der Waals surface area contributed by atoms with Gasteiger partial charge < -0.3 is 15.0 Å². The van der Waals surface area contributed by atoms with Crippen LogP contribution in [-0.4, -0.2) is 16.7 Å². The molecule has 2 atom stereocenters. The van der Waals surface area contributed by atoms with Crippen LogP contribution in [0.5, 0.6) is 0 Å². The van der Waals surface area contributed by atoms with Gasteiger partial charge in [-0.3, -0.25) is 0 Å². The molecule has 0 saturated carbocycles. The van der Waals surface area contributed by atoms with Crippen LogP contribution in [0, 0.1) is 0 Å². The van der Waals surface area contributed by atoms with Crippen molar-refractivity contribution >= 4 is 11.3 Å². The van der Waals surface area contributed by atoms with Crippen molar-refractivity contribution in [2.24, 2.45) is 5.73 Å². The van der Waals surface area contributed by atoms with Gasteiger partial charge in [0.05, 0.1) is 0 Å².